The molecule has 0 fully saturated rings. The molecule has 0 saturated heterocycles. The van der Waals surface area contributed by atoms with E-state index >= 15 is 0 Å². The molecule has 4 rings (SSSR count). The average Bonchev–Trinajstić information content (AvgIpc) is 2.81. The number of carbonyl (C=O) groups excluding carboxylic acids is 1. The van der Waals surface area contributed by atoms with Crippen molar-refractivity contribution in [3.05, 3.63) is 95.6 Å². The highest BCUT2D eigenvalue weighted by atomic mass is 16.3. The molecule has 0 bridgehead atoms. The molecule has 134 valence electrons. The number of likely N-dealkylation sites (N-methyl/N-ethyl adjacent to an activating group) is 1. The summed E-state index contributed by atoms with van der Waals surface area (Å²) in [6.07, 6.45) is 0.480. The first-order valence-electron chi connectivity index (χ1n) is 8.91. The predicted molar refractivity (Wildman–Crippen MR) is 108 cm³/mol. The largest absolute Gasteiger partial charge is 0.508 e. The first-order valence-corrected chi connectivity index (χ1v) is 8.91. The van der Waals surface area contributed by atoms with Crippen LogP contribution in [0.1, 0.15) is 16.7 Å². The number of para-hydroxylation sites is 1. The molecular formula is C23H20N2O2. The number of hydrogen-bond donors (Lipinski definition) is 1. The Morgan fingerprint density at radius 2 is 1.59 bits per heavy atom. The van der Waals surface area contributed by atoms with Crippen molar-refractivity contribution in [1.29, 1.82) is 0 Å². The molecule has 1 aliphatic rings. The molecular weight excluding hydrogens is 336 g/mol. The second-order valence-electron chi connectivity index (χ2n) is 6.64. The van der Waals surface area contributed by atoms with Crippen LogP contribution in [0.15, 0.2) is 83.9 Å². The van der Waals surface area contributed by atoms with Crippen LogP contribution in [0.3, 0.4) is 0 Å². The van der Waals surface area contributed by atoms with Crippen LogP contribution in [-0.2, 0) is 11.2 Å². The number of amides is 1. The molecule has 0 unspecified atom stereocenters. The molecule has 1 aliphatic heterocycles. The van der Waals surface area contributed by atoms with Gasteiger partial charge in [-0.2, -0.15) is 0 Å². The molecule has 3 aromatic carbocycles. The molecule has 1 amide bonds. The number of hydrogen-bond acceptors (Lipinski definition) is 3. The number of aromatic hydroxyl groups is 1. The van der Waals surface area contributed by atoms with Gasteiger partial charge in [0.1, 0.15) is 11.8 Å². The van der Waals surface area contributed by atoms with Gasteiger partial charge < -0.3 is 10.0 Å². The minimum absolute atomic E-state index is 0.0403. The standard InChI is InChI=1S/C23H20N2O2/c1-25-21-10-6-5-9-19(21)22(17-7-3-2-4-8-17)24-20(23(25)27)15-16-11-13-18(26)14-12-16/h2-14,20,26H,15H2,1H3/t20-/m0/s1. The fourth-order valence-corrected chi connectivity index (χ4v) is 3.40. The Hall–Kier alpha value is -3.40. The molecule has 4 nitrogen and oxygen atoms in total. The summed E-state index contributed by atoms with van der Waals surface area (Å²) in [5, 5.41) is 9.51. The van der Waals surface area contributed by atoms with Crippen molar-refractivity contribution in [3.63, 3.8) is 0 Å². The van der Waals surface area contributed by atoms with E-state index in [0.717, 1.165) is 28.1 Å². The Kier molecular flexibility index (Phi) is 4.47. The SMILES string of the molecule is CN1C(=O)[C@H](Cc2ccc(O)cc2)N=C(c2ccccc2)c2ccccc21. The number of benzene rings is 3. The van der Waals surface area contributed by atoms with Gasteiger partial charge in [-0.1, -0.05) is 60.7 Å². The second kappa shape index (κ2) is 7.08. The van der Waals surface area contributed by atoms with Crippen molar-refractivity contribution >= 4 is 17.3 Å². The third-order valence-electron chi connectivity index (χ3n) is 4.83. The molecule has 1 heterocycles. The van der Waals surface area contributed by atoms with Crippen molar-refractivity contribution in [3.8, 4) is 5.75 Å². The van der Waals surface area contributed by atoms with Crippen LogP contribution in [0.4, 0.5) is 5.69 Å². The molecule has 0 saturated carbocycles. The highest BCUT2D eigenvalue weighted by molar-refractivity contribution is 6.20. The number of nitrogens with zero attached hydrogens (tertiary/aromatic N) is 2. The summed E-state index contributed by atoms with van der Waals surface area (Å²) in [5.41, 5.74) is 4.59. The van der Waals surface area contributed by atoms with Gasteiger partial charge in [0.2, 0.25) is 0 Å². The van der Waals surface area contributed by atoms with Crippen LogP contribution >= 0.6 is 0 Å². The summed E-state index contributed by atoms with van der Waals surface area (Å²) in [4.78, 5) is 19.7. The monoisotopic (exact) mass is 356 g/mol. The lowest BCUT2D eigenvalue weighted by atomic mass is 10.0. The lowest BCUT2D eigenvalue weighted by Crippen LogP contribution is -2.36. The lowest BCUT2D eigenvalue weighted by Gasteiger charge is -2.20. The fraction of sp³-hybridized carbons (Fsp3) is 0.130. The molecule has 0 aromatic heterocycles. The Labute approximate surface area is 158 Å². The van der Waals surface area contributed by atoms with E-state index in [1.807, 2.05) is 66.7 Å². The topological polar surface area (TPSA) is 52.9 Å². The number of phenolic OH excluding ortho intramolecular Hbond substituents is 1. The third kappa shape index (κ3) is 3.34. The Balaban J connectivity index is 1.82. The molecule has 27 heavy (non-hydrogen) atoms. The summed E-state index contributed by atoms with van der Waals surface area (Å²) in [6.45, 7) is 0. The molecule has 1 atom stereocenters. The number of carbonyl (C=O) groups is 1. The molecule has 0 radical (unpaired) electrons. The quantitative estimate of drug-likeness (QED) is 0.776. The number of benzodiazepines with no additional fused rings is 1. The first kappa shape index (κ1) is 17.0. The van der Waals surface area contributed by atoms with Crippen LogP contribution in [0.2, 0.25) is 0 Å². The molecule has 0 aliphatic carbocycles. The van der Waals surface area contributed by atoms with Gasteiger partial charge >= 0.3 is 0 Å². The van der Waals surface area contributed by atoms with Crippen LogP contribution in [-0.4, -0.2) is 29.8 Å². The van der Waals surface area contributed by atoms with Gasteiger partial charge in [0.25, 0.3) is 5.91 Å². The Morgan fingerprint density at radius 1 is 0.926 bits per heavy atom. The maximum Gasteiger partial charge on any atom is 0.251 e. The minimum Gasteiger partial charge on any atom is -0.508 e. The van der Waals surface area contributed by atoms with Crippen molar-refractivity contribution in [2.75, 3.05) is 11.9 Å². The highest BCUT2D eigenvalue weighted by Crippen LogP contribution is 2.28. The minimum atomic E-state index is -0.526. The van der Waals surface area contributed by atoms with E-state index in [9.17, 15) is 9.90 Å². The number of fused-ring (bicyclic) bond motifs is 1. The van der Waals surface area contributed by atoms with E-state index in [4.69, 9.17) is 4.99 Å². The normalized spacial score (nSPS) is 16.5. The smallest absolute Gasteiger partial charge is 0.251 e. The zero-order chi connectivity index (χ0) is 18.8. The van der Waals surface area contributed by atoms with Gasteiger partial charge in [-0.3, -0.25) is 9.79 Å². The van der Waals surface area contributed by atoms with E-state index < -0.39 is 6.04 Å². The van der Waals surface area contributed by atoms with Gasteiger partial charge in [0.05, 0.1) is 11.4 Å². The summed E-state index contributed by atoms with van der Waals surface area (Å²) in [7, 11) is 1.80. The van der Waals surface area contributed by atoms with Crippen molar-refractivity contribution in [1.82, 2.24) is 0 Å². The Morgan fingerprint density at radius 3 is 2.33 bits per heavy atom. The van der Waals surface area contributed by atoms with E-state index in [-0.39, 0.29) is 11.7 Å². The van der Waals surface area contributed by atoms with Crippen LogP contribution in [0.25, 0.3) is 0 Å². The highest BCUT2D eigenvalue weighted by Gasteiger charge is 2.29. The molecule has 0 spiro atoms. The average molecular weight is 356 g/mol. The van der Waals surface area contributed by atoms with Crippen molar-refractivity contribution < 1.29 is 9.90 Å². The number of anilines is 1. The maximum absolute atomic E-state index is 13.1. The van der Waals surface area contributed by atoms with Crippen LogP contribution in [0.5, 0.6) is 5.75 Å². The summed E-state index contributed by atoms with van der Waals surface area (Å²) < 4.78 is 0. The van der Waals surface area contributed by atoms with E-state index in [1.54, 1.807) is 24.1 Å². The maximum atomic E-state index is 13.1. The van der Waals surface area contributed by atoms with E-state index in [0.29, 0.717) is 6.42 Å². The first-order chi connectivity index (χ1) is 13.1. The van der Waals surface area contributed by atoms with Crippen LogP contribution in [0, 0.1) is 0 Å². The number of phenols is 1. The van der Waals surface area contributed by atoms with Crippen molar-refractivity contribution in [2.45, 2.75) is 12.5 Å². The van der Waals surface area contributed by atoms with E-state index in [2.05, 4.69) is 0 Å². The Bertz CT molecular complexity index is 994. The zero-order valence-corrected chi connectivity index (χ0v) is 15.0. The van der Waals surface area contributed by atoms with E-state index in [1.165, 1.54) is 0 Å². The summed E-state index contributed by atoms with van der Waals surface area (Å²) in [6, 6.07) is 24.2. The number of aliphatic imine (C=N–C) groups is 1. The summed E-state index contributed by atoms with van der Waals surface area (Å²) >= 11 is 0. The molecule has 4 heteroatoms. The van der Waals surface area contributed by atoms with Crippen LogP contribution < -0.4 is 4.90 Å². The van der Waals surface area contributed by atoms with Crippen molar-refractivity contribution in [2.24, 2.45) is 4.99 Å². The summed E-state index contributed by atoms with van der Waals surface area (Å²) in [5.74, 6) is 0.172. The fourth-order valence-electron chi connectivity index (χ4n) is 3.40. The second-order valence-corrected chi connectivity index (χ2v) is 6.64. The zero-order valence-electron chi connectivity index (χ0n) is 15.0. The number of rotatable bonds is 3. The van der Waals surface area contributed by atoms with Gasteiger partial charge in [0, 0.05) is 24.6 Å². The van der Waals surface area contributed by atoms with Gasteiger partial charge in [-0.15, -0.1) is 0 Å². The van der Waals surface area contributed by atoms with Gasteiger partial charge in [-0.25, -0.2) is 0 Å². The molecule has 3 aromatic rings. The van der Waals surface area contributed by atoms with Gasteiger partial charge in [-0.05, 0) is 23.8 Å². The predicted octanol–water partition coefficient (Wildman–Crippen LogP) is 3.82. The third-order valence-corrected chi connectivity index (χ3v) is 4.83. The molecule has 1 N–H and O–H groups in total. The lowest BCUT2D eigenvalue weighted by molar-refractivity contribution is -0.119. The van der Waals surface area contributed by atoms with Gasteiger partial charge in [0.15, 0.2) is 0 Å².